The van der Waals surface area contributed by atoms with Gasteiger partial charge in [-0.15, -0.1) is 11.3 Å². The molecule has 1 amide bonds. The number of amides is 1. The summed E-state index contributed by atoms with van der Waals surface area (Å²) in [4.78, 5) is 20.3. The van der Waals surface area contributed by atoms with Gasteiger partial charge >= 0.3 is 0 Å². The second-order valence-electron chi connectivity index (χ2n) is 3.09. The first-order chi connectivity index (χ1) is 7.66. The molecule has 0 atom stereocenters. The van der Waals surface area contributed by atoms with E-state index in [0.717, 1.165) is 9.35 Å². The van der Waals surface area contributed by atoms with Crippen molar-refractivity contribution in [2.24, 2.45) is 0 Å². The fraction of sp³-hybridized carbons (Fsp3) is 0.100. The van der Waals surface area contributed by atoms with Gasteiger partial charge in [0.2, 0.25) is 5.95 Å². The first-order valence-corrected chi connectivity index (χ1v) is 6.12. The van der Waals surface area contributed by atoms with Crippen LogP contribution in [0.2, 0.25) is 0 Å². The summed E-state index contributed by atoms with van der Waals surface area (Å²) in [5.74, 6) is 0.125. The number of hydrogen-bond donors (Lipinski definition) is 1. The molecule has 2 aromatic rings. The molecule has 2 aromatic heterocycles. The lowest BCUT2D eigenvalue weighted by Gasteiger charge is -1.99. The molecule has 0 unspecified atom stereocenters. The summed E-state index contributed by atoms with van der Waals surface area (Å²) in [7, 11) is 0. The number of anilines is 1. The highest BCUT2D eigenvalue weighted by Gasteiger charge is 2.11. The molecule has 0 fully saturated rings. The topological polar surface area (TPSA) is 54.9 Å². The first-order valence-electron chi connectivity index (χ1n) is 4.51. The van der Waals surface area contributed by atoms with E-state index in [-0.39, 0.29) is 5.91 Å². The Hall–Kier alpha value is -1.27. The lowest BCUT2D eigenvalue weighted by atomic mass is 10.3. The molecule has 0 aliphatic heterocycles. The second-order valence-corrected chi connectivity index (χ2v) is 5.46. The van der Waals surface area contributed by atoms with E-state index in [1.165, 1.54) is 11.3 Å². The van der Waals surface area contributed by atoms with E-state index in [2.05, 4.69) is 31.2 Å². The lowest BCUT2D eigenvalue weighted by molar-refractivity contribution is 0.102. The van der Waals surface area contributed by atoms with Crippen molar-refractivity contribution < 1.29 is 4.79 Å². The first kappa shape index (κ1) is 11.2. The van der Waals surface area contributed by atoms with Crippen molar-refractivity contribution >= 4 is 39.1 Å². The summed E-state index contributed by atoms with van der Waals surface area (Å²) >= 11 is 4.77. The third kappa shape index (κ3) is 2.45. The highest BCUT2D eigenvalue weighted by molar-refractivity contribution is 9.11. The number of aromatic nitrogens is 2. The molecule has 0 aromatic carbocycles. The van der Waals surface area contributed by atoms with Crippen molar-refractivity contribution in [3.05, 3.63) is 38.8 Å². The molecule has 0 bridgehead atoms. The average molecular weight is 298 g/mol. The molecule has 82 valence electrons. The standard InChI is InChI=1S/C10H8BrN3OS/c1-6-5-7(16-8(6)11)9(15)14-10-12-3-2-4-13-10/h2-5H,1H3,(H,12,13,14,15). The molecule has 1 N–H and O–H groups in total. The third-order valence-electron chi connectivity index (χ3n) is 1.87. The lowest BCUT2D eigenvalue weighted by Crippen LogP contribution is -2.12. The summed E-state index contributed by atoms with van der Waals surface area (Å²) in [6.45, 7) is 1.94. The number of carbonyl (C=O) groups excluding carboxylic acids is 1. The van der Waals surface area contributed by atoms with Gasteiger partial charge in [-0.05, 0) is 40.5 Å². The fourth-order valence-electron chi connectivity index (χ4n) is 1.10. The van der Waals surface area contributed by atoms with E-state index >= 15 is 0 Å². The van der Waals surface area contributed by atoms with Crippen LogP contribution >= 0.6 is 27.3 Å². The van der Waals surface area contributed by atoms with Crippen molar-refractivity contribution in [2.75, 3.05) is 5.32 Å². The van der Waals surface area contributed by atoms with Crippen molar-refractivity contribution in [2.45, 2.75) is 6.92 Å². The Kier molecular flexibility index (Phi) is 3.31. The van der Waals surface area contributed by atoms with Crippen LogP contribution in [0.25, 0.3) is 0 Å². The number of halogens is 1. The van der Waals surface area contributed by atoms with E-state index in [1.807, 2.05) is 13.0 Å². The summed E-state index contributed by atoms with van der Waals surface area (Å²) in [5, 5.41) is 2.63. The zero-order chi connectivity index (χ0) is 11.5. The molecule has 0 radical (unpaired) electrons. The molecule has 16 heavy (non-hydrogen) atoms. The number of nitrogens with one attached hydrogen (secondary N) is 1. The van der Waals surface area contributed by atoms with Gasteiger partial charge in [-0.3, -0.25) is 10.1 Å². The van der Waals surface area contributed by atoms with Crippen molar-refractivity contribution in [1.82, 2.24) is 9.97 Å². The van der Waals surface area contributed by atoms with E-state index in [1.54, 1.807) is 18.5 Å². The van der Waals surface area contributed by atoms with Crippen LogP contribution in [0.1, 0.15) is 15.2 Å². The smallest absolute Gasteiger partial charge is 0.268 e. The Morgan fingerprint density at radius 3 is 2.69 bits per heavy atom. The largest absolute Gasteiger partial charge is 0.290 e. The fourth-order valence-corrected chi connectivity index (χ4v) is 2.53. The van der Waals surface area contributed by atoms with E-state index < -0.39 is 0 Å². The monoisotopic (exact) mass is 297 g/mol. The van der Waals surface area contributed by atoms with Crippen LogP contribution in [0, 0.1) is 6.92 Å². The second kappa shape index (κ2) is 4.71. The predicted octanol–water partition coefficient (Wildman–Crippen LogP) is 2.86. The summed E-state index contributed by atoms with van der Waals surface area (Å²) in [6.07, 6.45) is 3.16. The minimum Gasteiger partial charge on any atom is -0.290 e. The van der Waals surface area contributed by atoms with Crippen LogP contribution in [0.15, 0.2) is 28.3 Å². The van der Waals surface area contributed by atoms with Crippen LogP contribution in [-0.4, -0.2) is 15.9 Å². The third-order valence-corrected chi connectivity index (χ3v) is 4.01. The molecule has 0 saturated carbocycles. The molecular weight excluding hydrogens is 290 g/mol. The van der Waals surface area contributed by atoms with Gasteiger partial charge < -0.3 is 0 Å². The average Bonchev–Trinajstić information content (AvgIpc) is 2.61. The molecular formula is C10H8BrN3OS. The summed E-state index contributed by atoms with van der Waals surface area (Å²) in [5.41, 5.74) is 1.05. The minimum atomic E-state index is -0.190. The van der Waals surface area contributed by atoms with Crippen LogP contribution in [0.5, 0.6) is 0 Å². The molecule has 4 nitrogen and oxygen atoms in total. The van der Waals surface area contributed by atoms with Gasteiger partial charge in [-0.25, -0.2) is 9.97 Å². The number of hydrogen-bond acceptors (Lipinski definition) is 4. The van der Waals surface area contributed by atoms with Crippen LogP contribution in [0.3, 0.4) is 0 Å². The number of aryl methyl sites for hydroxylation is 1. The quantitative estimate of drug-likeness (QED) is 0.927. The molecule has 0 aliphatic carbocycles. The van der Waals surface area contributed by atoms with Crippen LogP contribution in [0.4, 0.5) is 5.95 Å². The van der Waals surface area contributed by atoms with Crippen LogP contribution in [-0.2, 0) is 0 Å². The van der Waals surface area contributed by atoms with Gasteiger partial charge in [0.1, 0.15) is 0 Å². The zero-order valence-corrected chi connectivity index (χ0v) is 10.8. The maximum absolute atomic E-state index is 11.8. The molecule has 2 rings (SSSR count). The Balaban J connectivity index is 2.15. The maximum Gasteiger partial charge on any atom is 0.268 e. The minimum absolute atomic E-state index is 0.190. The summed E-state index contributed by atoms with van der Waals surface area (Å²) in [6, 6.07) is 3.52. The highest BCUT2D eigenvalue weighted by atomic mass is 79.9. The number of rotatable bonds is 2. The number of nitrogens with zero attached hydrogens (tertiary/aromatic N) is 2. The molecule has 0 saturated heterocycles. The van der Waals surface area contributed by atoms with Gasteiger partial charge in [0, 0.05) is 12.4 Å². The molecule has 0 spiro atoms. The Morgan fingerprint density at radius 1 is 1.44 bits per heavy atom. The van der Waals surface area contributed by atoms with Crippen LogP contribution < -0.4 is 5.32 Å². The van der Waals surface area contributed by atoms with Crippen molar-refractivity contribution in [3.8, 4) is 0 Å². The Labute approximate surface area is 105 Å². The van der Waals surface area contributed by atoms with E-state index in [9.17, 15) is 4.79 Å². The Bertz CT molecular complexity index is 493. The summed E-state index contributed by atoms with van der Waals surface area (Å²) < 4.78 is 0.964. The molecule has 6 heteroatoms. The van der Waals surface area contributed by atoms with Crippen molar-refractivity contribution in [3.63, 3.8) is 0 Å². The molecule has 2 heterocycles. The van der Waals surface area contributed by atoms with Gasteiger partial charge in [-0.1, -0.05) is 0 Å². The molecule has 0 aliphatic rings. The van der Waals surface area contributed by atoms with E-state index in [4.69, 9.17) is 0 Å². The Morgan fingerprint density at radius 2 is 2.12 bits per heavy atom. The van der Waals surface area contributed by atoms with Gasteiger partial charge in [0.25, 0.3) is 5.91 Å². The van der Waals surface area contributed by atoms with E-state index in [0.29, 0.717) is 10.8 Å². The SMILES string of the molecule is Cc1cc(C(=O)Nc2ncccn2)sc1Br. The van der Waals surface area contributed by atoms with Gasteiger partial charge in [0.15, 0.2) is 0 Å². The highest BCUT2D eigenvalue weighted by Crippen LogP contribution is 2.27. The van der Waals surface area contributed by atoms with Gasteiger partial charge in [-0.2, -0.15) is 0 Å². The van der Waals surface area contributed by atoms with Crippen molar-refractivity contribution in [1.29, 1.82) is 0 Å². The van der Waals surface area contributed by atoms with Gasteiger partial charge in [0.05, 0.1) is 8.66 Å². The predicted molar refractivity (Wildman–Crippen MR) is 66.7 cm³/mol. The maximum atomic E-state index is 11.8. The zero-order valence-electron chi connectivity index (χ0n) is 8.40. The number of carbonyl (C=O) groups is 1. The normalized spacial score (nSPS) is 10.1. The number of thiophene rings is 1.